The summed E-state index contributed by atoms with van der Waals surface area (Å²) in [5.74, 6) is 0.503. The second kappa shape index (κ2) is 4.79. The first kappa shape index (κ1) is 12.9. The average Bonchev–Trinajstić information content (AvgIpc) is 2.68. The number of halogens is 2. The van der Waals surface area contributed by atoms with Crippen LogP contribution in [0.4, 0.5) is 5.95 Å². The third kappa shape index (κ3) is 2.14. The molecule has 0 saturated carbocycles. The van der Waals surface area contributed by atoms with Crippen LogP contribution in [0.25, 0.3) is 16.7 Å². The minimum atomic E-state index is 0.503. The Labute approximate surface area is 133 Å². The van der Waals surface area contributed by atoms with E-state index in [0.29, 0.717) is 5.95 Å². The molecule has 1 heterocycles. The Kier molecular flexibility index (Phi) is 3.26. The van der Waals surface area contributed by atoms with Crippen molar-refractivity contribution in [2.45, 2.75) is 6.92 Å². The monoisotopic (exact) mass is 427 g/mol. The lowest BCUT2D eigenvalue weighted by Gasteiger charge is -2.10. The highest BCUT2D eigenvalue weighted by molar-refractivity contribution is 14.1. The molecule has 3 nitrogen and oxygen atoms in total. The van der Waals surface area contributed by atoms with Gasteiger partial charge in [-0.25, -0.2) is 4.98 Å². The van der Waals surface area contributed by atoms with Gasteiger partial charge in [0.1, 0.15) is 0 Å². The summed E-state index contributed by atoms with van der Waals surface area (Å²) < 4.78 is 4.17. The standard InChI is InChI=1S/C14H11BrIN3/c1-8-3-2-4-12(13(8)15)19-11-6-5-9(16)7-10(11)18-14(19)17/h2-7H,1H3,(H2,17,18). The van der Waals surface area contributed by atoms with Crippen LogP contribution in [-0.4, -0.2) is 9.55 Å². The van der Waals surface area contributed by atoms with Crippen LogP contribution >= 0.6 is 38.5 Å². The molecular weight excluding hydrogens is 417 g/mol. The molecule has 96 valence electrons. The Morgan fingerprint density at radius 1 is 1.26 bits per heavy atom. The van der Waals surface area contributed by atoms with Crippen molar-refractivity contribution >= 4 is 55.5 Å². The molecule has 0 aliphatic carbocycles. The fourth-order valence-electron chi connectivity index (χ4n) is 2.13. The zero-order valence-corrected chi connectivity index (χ0v) is 13.9. The number of nitrogens with zero attached hydrogens (tertiary/aromatic N) is 2. The van der Waals surface area contributed by atoms with E-state index < -0.39 is 0 Å². The summed E-state index contributed by atoms with van der Waals surface area (Å²) in [4.78, 5) is 4.44. The number of hydrogen-bond acceptors (Lipinski definition) is 2. The van der Waals surface area contributed by atoms with Crippen LogP contribution in [0.5, 0.6) is 0 Å². The number of anilines is 1. The number of fused-ring (bicyclic) bond motifs is 1. The molecule has 19 heavy (non-hydrogen) atoms. The highest BCUT2D eigenvalue weighted by Crippen LogP contribution is 2.30. The minimum Gasteiger partial charge on any atom is -0.369 e. The van der Waals surface area contributed by atoms with Gasteiger partial charge in [0.05, 0.1) is 16.7 Å². The molecule has 3 rings (SSSR count). The topological polar surface area (TPSA) is 43.8 Å². The molecule has 0 amide bonds. The van der Waals surface area contributed by atoms with Gasteiger partial charge in [-0.05, 0) is 75.3 Å². The van der Waals surface area contributed by atoms with Gasteiger partial charge in [-0.1, -0.05) is 12.1 Å². The van der Waals surface area contributed by atoms with Crippen LogP contribution in [0.3, 0.4) is 0 Å². The minimum absolute atomic E-state index is 0.503. The maximum Gasteiger partial charge on any atom is 0.205 e. The van der Waals surface area contributed by atoms with Gasteiger partial charge in [0.15, 0.2) is 0 Å². The highest BCUT2D eigenvalue weighted by atomic mass is 127. The third-order valence-electron chi connectivity index (χ3n) is 3.05. The fourth-order valence-corrected chi connectivity index (χ4v) is 3.05. The molecule has 1 aromatic heterocycles. The summed E-state index contributed by atoms with van der Waals surface area (Å²) in [7, 11) is 0. The largest absolute Gasteiger partial charge is 0.369 e. The van der Waals surface area contributed by atoms with Crippen LogP contribution in [-0.2, 0) is 0 Å². The van der Waals surface area contributed by atoms with Crippen LogP contribution in [0.15, 0.2) is 40.9 Å². The molecule has 0 aliphatic heterocycles. The van der Waals surface area contributed by atoms with Crippen molar-refractivity contribution in [3.63, 3.8) is 0 Å². The molecule has 0 bridgehead atoms. The molecule has 5 heteroatoms. The maximum atomic E-state index is 6.08. The number of nitrogen functional groups attached to an aromatic ring is 1. The fraction of sp³-hybridized carbons (Fsp3) is 0.0714. The first-order valence-corrected chi connectivity index (χ1v) is 7.64. The number of rotatable bonds is 1. The predicted octanol–water partition coefficient (Wildman–Crippen LogP) is 4.28. The smallest absolute Gasteiger partial charge is 0.205 e. The zero-order valence-electron chi connectivity index (χ0n) is 10.2. The maximum absolute atomic E-state index is 6.08. The molecule has 2 N–H and O–H groups in total. The molecular formula is C14H11BrIN3. The van der Waals surface area contributed by atoms with Crippen molar-refractivity contribution in [3.8, 4) is 5.69 Å². The molecule has 0 fully saturated rings. The third-order valence-corrected chi connectivity index (χ3v) is 4.76. The lowest BCUT2D eigenvalue weighted by Crippen LogP contribution is -2.02. The average molecular weight is 428 g/mol. The Bertz CT molecular complexity index is 780. The lowest BCUT2D eigenvalue weighted by atomic mass is 10.2. The number of hydrogen-bond donors (Lipinski definition) is 1. The molecule has 0 saturated heterocycles. The number of aromatic nitrogens is 2. The van der Waals surface area contributed by atoms with E-state index in [2.05, 4.69) is 68.6 Å². The lowest BCUT2D eigenvalue weighted by molar-refractivity contribution is 1.09. The quantitative estimate of drug-likeness (QED) is 0.589. The van der Waals surface area contributed by atoms with E-state index in [1.54, 1.807) is 0 Å². The van der Waals surface area contributed by atoms with E-state index in [1.807, 2.05) is 22.8 Å². The normalized spacial score (nSPS) is 11.1. The molecule has 0 aliphatic rings. The predicted molar refractivity (Wildman–Crippen MR) is 90.6 cm³/mol. The summed E-state index contributed by atoms with van der Waals surface area (Å²) in [5.41, 5.74) is 10.2. The van der Waals surface area contributed by atoms with Gasteiger partial charge in [-0.3, -0.25) is 4.57 Å². The Hall–Kier alpha value is -1.08. The molecule has 2 aromatic carbocycles. The van der Waals surface area contributed by atoms with E-state index >= 15 is 0 Å². The van der Waals surface area contributed by atoms with E-state index in [0.717, 1.165) is 24.8 Å². The van der Waals surface area contributed by atoms with Gasteiger partial charge < -0.3 is 5.73 Å². The Balaban J connectivity index is 2.36. The second-order valence-electron chi connectivity index (χ2n) is 4.35. The van der Waals surface area contributed by atoms with Crippen molar-refractivity contribution in [2.75, 3.05) is 5.73 Å². The summed E-state index contributed by atoms with van der Waals surface area (Å²) in [6.45, 7) is 2.06. The van der Waals surface area contributed by atoms with Crippen molar-refractivity contribution in [1.82, 2.24) is 9.55 Å². The number of nitrogens with two attached hydrogens (primary N) is 1. The van der Waals surface area contributed by atoms with E-state index in [4.69, 9.17) is 5.73 Å². The van der Waals surface area contributed by atoms with Crippen molar-refractivity contribution in [2.24, 2.45) is 0 Å². The van der Waals surface area contributed by atoms with Gasteiger partial charge in [0.25, 0.3) is 0 Å². The molecule has 3 aromatic rings. The second-order valence-corrected chi connectivity index (χ2v) is 6.39. The van der Waals surface area contributed by atoms with Gasteiger partial charge in [0, 0.05) is 8.04 Å². The molecule has 0 radical (unpaired) electrons. The summed E-state index contributed by atoms with van der Waals surface area (Å²) >= 11 is 5.91. The van der Waals surface area contributed by atoms with E-state index in [9.17, 15) is 0 Å². The molecule has 0 spiro atoms. The summed E-state index contributed by atoms with van der Waals surface area (Å²) in [6, 6.07) is 12.3. The van der Waals surface area contributed by atoms with E-state index in [-0.39, 0.29) is 0 Å². The number of imidazole rings is 1. The zero-order chi connectivity index (χ0) is 13.6. The van der Waals surface area contributed by atoms with Crippen LogP contribution in [0.2, 0.25) is 0 Å². The van der Waals surface area contributed by atoms with Crippen LogP contribution < -0.4 is 5.73 Å². The number of benzene rings is 2. The van der Waals surface area contributed by atoms with Crippen LogP contribution in [0.1, 0.15) is 5.56 Å². The van der Waals surface area contributed by atoms with E-state index in [1.165, 1.54) is 5.56 Å². The van der Waals surface area contributed by atoms with Gasteiger partial charge in [-0.2, -0.15) is 0 Å². The van der Waals surface area contributed by atoms with Gasteiger partial charge in [-0.15, -0.1) is 0 Å². The molecule has 0 unspecified atom stereocenters. The number of aryl methyl sites for hydroxylation is 1. The first-order chi connectivity index (χ1) is 9.08. The molecule has 0 atom stereocenters. The first-order valence-electron chi connectivity index (χ1n) is 5.77. The summed E-state index contributed by atoms with van der Waals surface area (Å²) in [5, 5.41) is 0. The van der Waals surface area contributed by atoms with Crippen LogP contribution in [0, 0.1) is 10.5 Å². The highest BCUT2D eigenvalue weighted by Gasteiger charge is 2.13. The van der Waals surface area contributed by atoms with Crippen molar-refractivity contribution < 1.29 is 0 Å². The Morgan fingerprint density at radius 3 is 2.84 bits per heavy atom. The van der Waals surface area contributed by atoms with Crippen molar-refractivity contribution in [1.29, 1.82) is 0 Å². The summed E-state index contributed by atoms with van der Waals surface area (Å²) in [6.07, 6.45) is 0. The SMILES string of the molecule is Cc1cccc(-n2c(N)nc3cc(I)ccc32)c1Br. The van der Waals surface area contributed by atoms with Crippen molar-refractivity contribution in [3.05, 3.63) is 50.0 Å². The van der Waals surface area contributed by atoms with Gasteiger partial charge >= 0.3 is 0 Å². The van der Waals surface area contributed by atoms with Gasteiger partial charge in [0.2, 0.25) is 5.95 Å². The Morgan fingerprint density at radius 2 is 2.05 bits per heavy atom.